The molecule has 0 aliphatic heterocycles. The van der Waals surface area contributed by atoms with E-state index in [9.17, 15) is 0 Å². The zero-order valence-electron chi connectivity index (χ0n) is 7.45. The van der Waals surface area contributed by atoms with Crippen molar-refractivity contribution in [3.63, 3.8) is 0 Å². The highest BCUT2D eigenvalue weighted by Crippen LogP contribution is 2.35. The fourth-order valence-electron chi connectivity index (χ4n) is 0.981. The highest BCUT2D eigenvalue weighted by Gasteiger charge is 2.10. The summed E-state index contributed by atoms with van der Waals surface area (Å²) >= 11 is 0. The molecule has 0 unspecified atom stereocenters. The summed E-state index contributed by atoms with van der Waals surface area (Å²) in [4.78, 5) is 8.56. The molecule has 3 heteroatoms. The molecular weight excluding hydrogens is 168 g/mol. The molecule has 2 rings (SSSR count). The molecule has 2 aliphatic carbocycles. The number of fused-ring (bicyclic) bond motifs is 1. The molecule has 0 radical (unpaired) electrons. The van der Waals surface area contributed by atoms with Crippen LogP contribution in [0.3, 0.4) is 0 Å². The van der Waals surface area contributed by atoms with Gasteiger partial charge in [0.2, 0.25) is 0 Å². The Bertz CT molecular complexity index is 301. The van der Waals surface area contributed by atoms with Crippen LogP contribution in [-0.4, -0.2) is 16.4 Å². The smallest absolute Gasteiger partial charge is 0.450 e. The maximum atomic E-state index is 8.56. The zero-order chi connectivity index (χ0) is 10.4. The third-order valence-corrected chi connectivity index (χ3v) is 1.54. The average molecular weight is 180 g/mol. The second-order valence-corrected chi connectivity index (χ2v) is 2.31. The third kappa shape index (κ3) is 2.99. The van der Waals surface area contributed by atoms with Gasteiger partial charge in [-0.25, -0.2) is 4.79 Å². The summed E-state index contributed by atoms with van der Waals surface area (Å²) in [7, 11) is 0. The van der Waals surface area contributed by atoms with E-state index in [2.05, 4.69) is 38.3 Å². The van der Waals surface area contributed by atoms with Gasteiger partial charge in [-0.2, -0.15) is 0 Å². The quantitative estimate of drug-likeness (QED) is 0.612. The number of benzene rings is 1. The van der Waals surface area contributed by atoms with Crippen molar-refractivity contribution >= 4 is 6.16 Å². The number of hydrogen-bond donors (Lipinski definition) is 2. The lowest BCUT2D eigenvalue weighted by atomic mass is 9.88. The minimum atomic E-state index is -1.83. The van der Waals surface area contributed by atoms with Gasteiger partial charge in [-0.3, -0.25) is 0 Å². The van der Waals surface area contributed by atoms with Crippen molar-refractivity contribution in [3.05, 3.63) is 36.9 Å². The molecule has 0 aromatic heterocycles. The van der Waals surface area contributed by atoms with E-state index in [1.54, 1.807) is 0 Å². The molecule has 3 nitrogen and oxygen atoms in total. The van der Waals surface area contributed by atoms with Crippen LogP contribution in [0.1, 0.15) is 5.56 Å². The zero-order valence-corrected chi connectivity index (χ0v) is 7.45. The lowest BCUT2D eigenvalue weighted by Gasteiger charge is -2.17. The van der Waals surface area contributed by atoms with Gasteiger partial charge >= 0.3 is 6.16 Å². The highest BCUT2D eigenvalue weighted by molar-refractivity contribution is 5.80. The molecular formula is C10H12O3. The monoisotopic (exact) mass is 180 g/mol. The Labute approximate surface area is 77.0 Å². The van der Waals surface area contributed by atoms with Crippen molar-refractivity contribution in [2.24, 2.45) is 0 Å². The average Bonchev–Trinajstić information content (AvgIpc) is 2.02. The number of carboxylic acid groups (broad SMARTS) is 2. The standard InChI is InChI=1S/C7H6.C2H4.CH2O3/c1-5-4-6-2-3-7(5)6;1-2;2-1(3)4/h2-4H,1H3;1-2H2;(H2,2,3,4). The summed E-state index contributed by atoms with van der Waals surface area (Å²) in [6.45, 7) is 8.14. The van der Waals surface area contributed by atoms with Gasteiger partial charge in [0.05, 0.1) is 0 Å². The molecule has 0 amide bonds. The molecule has 0 saturated heterocycles. The fourth-order valence-corrected chi connectivity index (χ4v) is 0.981. The Hall–Kier alpha value is -1.77. The van der Waals surface area contributed by atoms with Crippen molar-refractivity contribution in [2.45, 2.75) is 6.92 Å². The largest absolute Gasteiger partial charge is 0.503 e. The van der Waals surface area contributed by atoms with Gasteiger partial charge in [-0.05, 0) is 23.6 Å². The van der Waals surface area contributed by atoms with Crippen molar-refractivity contribution in [1.29, 1.82) is 0 Å². The predicted molar refractivity (Wildman–Crippen MR) is 52.1 cm³/mol. The Morgan fingerprint density at radius 3 is 1.77 bits per heavy atom. The van der Waals surface area contributed by atoms with Gasteiger partial charge in [0, 0.05) is 0 Å². The lowest BCUT2D eigenvalue weighted by molar-refractivity contribution is 0.137. The molecule has 70 valence electrons. The Balaban J connectivity index is 0.000000211. The molecule has 0 fully saturated rings. The summed E-state index contributed by atoms with van der Waals surface area (Å²) in [5.41, 5.74) is 4.36. The maximum absolute atomic E-state index is 8.56. The van der Waals surface area contributed by atoms with Gasteiger partial charge < -0.3 is 10.2 Å². The van der Waals surface area contributed by atoms with Gasteiger partial charge in [0.1, 0.15) is 0 Å². The van der Waals surface area contributed by atoms with Crippen molar-refractivity contribution in [1.82, 2.24) is 0 Å². The summed E-state index contributed by atoms with van der Waals surface area (Å²) in [5.74, 6) is 0. The minimum Gasteiger partial charge on any atom is -0.450 e. The van der Waals surface area contributed by atoms with E-state index in [0.717, 1.165) is 0 Å². The van der Waals surface area contributed by atoms with Crippen LogP contribution in [-0.2, 0) is 0 Å². The molecule has 13 heavy (non-hydrogen) atoms. The fraction of sp³-hybridized carbons (Fsp3) is 0.100. The molecule has 0 bridgehead atoms. The van der Waals surface area contributed by atoms with Gasteiger partial charge in [-0.15, -0.1) is 13.2 Å². The molecule has 0 aromatic carbocycles. The van der Waals surface area contributed by atoms with Gasteiger partial charge in [-0.1, -0.05) is 18.2 Å². The Morgan fingerprint density at radius 1 is 1.31 bits per heavy atom. The van der Waals surface area contributed by atoms with Crippen LogP contribution in [0.25, 0.3) is 11.1 Å². The first kappa shape index (κ1) is 11.2. The summed E-state index contributed by atoms with van der Waals surface area (Å²) in [6.07, 6.45) is -1.83. The van der Waals surface area contributed by atoms with Gasteiger partial charge in [0.15, 0.2) is 0 Å². The number of aryl methyl sites for hydroxylation is 1. The van der Waals surface area contributed by atoms with E-state index in [1.165, 1.54) is 16.7 Å². The summed E-state index contributed by atoms with van der Waals surface area (Å²) in [6, 6.07) is 6.50. The molecule has 2 aliphatic rings. The van der Waals surface area contributed by atoms with E-state index in [-0.39, 0.29) is 0 Å². The first-order valence-corrected chi connectivity index (χ1v) is 3.64. The number of rotatable bonds is 0. The van der Waals surface area contributed by atoms with E-state index >= 15 is 0 Å². The van der Waals surface area contributed by atoms with Gasteiger partial charge in [0.25, 0.3) is 0 Å². The van der Waals surface area contributed by atoms with E-state index in [0.29, 0.717) is 0 Å². The van der Waals surface area contributed by atoms with Crippen LogP contribution in [0.4, 0.5) is 4.79 Å². The maximum Gasteiger partial charge on any atom is 0.503 e. The molecule has 0 heterocycles. The van der Waals surface area contributed by atoms with E-state index in [1.807, 2.05) is 0 Å². The second-order valence-electron chi connectivity index (χ2n) is 2.31. The topological polar surface area (TPSA) is 57.5 Å². The second kappa shape index (κ2) is 4.98. The van der Waals surface area contributed by atoms with Crippen LogP contribution in [0.5, 0.6) is 0 Å². The molecule has 0 atom stereocenters. The van der Waals surface area contributed by atoms with Crippen LogP contribution < -0.4 is 0 Å². The van der Waals surface area contributed by atoms with Crippen LogP contribution in [0, 0.1) is 6.92 Å². The summed E-state index contributed by atoms with van der Waals surface area (Å²) < 4.78 is 0. The molecule has 0 saturated carbocycles. The summed E-state index contributed by atoms with van der Waals surface area (Å²) in [5, 5.41) is 13.9. The first-order chi connectivity index (χ1) is 6.11. The molecule has 0 spiro atoms. The lowest BCUT2D eigenvalue weighted by Crippen LogP contribution is -1.93. The van der Waals surface area contributed by atoms with Crippen LogP contribution >= 0.6 is 0 Å². The normalized spacial score (nSPS) is 8.38. The van der Waals surface area contributed by atoms with E-state index in [4.69, 9.17) is 15.0 Å². The predicted octanol–water partition coefficient (Wildman–Crippen LogP) is 3.00. The molecule has 0 aromatic rings. The SMILES string of the molecule is C=C.Cc1cc2ccc1-2.O=C(O)O. The first-order valence-electron chi connectivity index (χ1n) is 3.64. The van der Waals surface area contributed by atoms with Crippen LogP contribution in [0.2, 0.25) is 0 Å². The van der Waals surface area contributed by atoms with Crippen molar-refractivity contribution < 1.29 is 15.0 Å². The van der Waals surface area contributed by atoms with Crippen LogP contribution in [0.15, 0.2) is 31.4 Å². The third-order valence-electron chi connectivity index (χ3n) is 1.54. The van der Waals surface area contributed by atoms with Crippen molar-refractivity contribution in [3.8, 4) is 11.1 Å². The Kier molecular flexibility index (Phi) is 4.30. The number of carbonyl (C=O) groups is 1. The highest BCUT2D eigenvalue weighted by atomic mass is 16.6. The van der Waals surface area contributed by atoms with Crippen molar-refractivity contribution in [2.75, 3.05) is 0 Å². The minimum absolute atomic E-state index is 1.44. The Morgan fingerprint density at radius 2 is 1.77 bits per heavy atom. The van der Waals surface area contributed by atoms with E-state index < -0.39 is 6.16 Å². The molecule has 2 N–H and O–H groups in total. The number of hydrogen-bond acceptors (Lipinski definition) is 1.